The van der Waals surface area contributed by atoms with Crippen LogP contribution in [0.5, 0.6) is 0 Å². The summed E-state index contributed by atoms with van der Waals surface area (Å²) < 4.78 is 42.8. The maximum absolute atomic E-state index is 13.8. The number of carbonyl (C=O) groups is 2. The number of rotatable bonds is 6. The number of benzene rings is 1. The number of halogens is 3. The molecule has 6 N–H and O–H groups in total. The summed E-state index contributed by atoms with van der Waals surface area (Å²) in [5.74, 6) is -2.20. The first-order chi connectivity index (χ1) is 16.8. The summed E-state index contributed by atoms with van der Waals surface area (Å²) in [6.07, 6.45) is -0.347. The van der Waals surface area contributed by atoms with Crippen LogP contribution in [-0.2, 0) is 23.8 Å². The van der Waals surface area contributed by atoms with Crippen molar-refractivity contribution >= 4 is 17.6 Å². The smallest absolute Gasteiger partial charge is 0.435 e. The number of anilines is 1. The number of carboxylic acids is 1. The average Bonchev–Trinajstić information content (AvgIpc) is 3.16. The highest BCUT2D eigenvalue weighted by Gasteiger charge is 2.42. The van der Waals surface area contributed by atoms with Crippen molar-refractivity contribution in [1.82, 2.24) is 9.78 Å². The van der Waals surface area contributed by atoms with Crippen LogP contribution in [0.25, 0.3) is 5.69 Å². The number of hydrogen-bond acceptors (Lipinski definition) is 5. The second-order valence-electron chi connectivity index (χ2n) is 10.7. The van der Waals surface area contributed by atoms with E-state index in [1.807, 2.05) is 13.8 Å². The molecule has 1 unspecified atom stereocenters. The first-order valence-corrected chi connectivity index (χ1v) is 12.2. The highest BCUT2D eigenvalue weighted by molar-refractivity contribution is 5.99. The van der Waals surface area contributed by atoms with Gasteiger partial charge in [0.1, 0.15) is 6.04 Å². The topological polar surface area (TPSA) is 136 Å². The molecule has 2 aliphatic rings. The van der Waals surface area contributed by atoms with Crippen molar-refractivity contribution in [1.29, 1.82) is 0 Å². The molecule has 0 radical (unpaired) electrons. The zero-order valence-corrected chi connectivity index (χ0v) is 20.4. The van der Waals surface area contributed by atoms with Gasteiger partial charge in [0.2, 0.25) is 0 Å². The summed E-state index contributed by atoms with van der Waals surface area (Å²) in [6, 6.07) is 3.13. The minimum Gasteiger partial charge on any atom is -0.480 e. The predicted octanol–water partition coefficient (Wildman–Crippen LogP) is 3.89. The number of primary amides is 1. The molecule has 11 heteroatoms. The van der Waals surface area contributed by atoms with Crippen LogP contribution in [0.4, 0.5) is 18.9 Å². The molecular formula is C25H32F3N5O3. The maximum atomic E-state index is 13.8. The molecule has 1 heterocycles. The zero-order chi connectivity index (χ0) is 26.4. The molecule has 1 saturated carbocycles. The van der Waals surface area contributed by atoms with Crippen LogP contribution in [0.2, 0.25) is 0 Å². The van der Waals surface area contributed by atoms with Crippen LogP contribution in [0.15, 0.2) is 18.2 Å². The summed E-state index contributed by atoms with van der Waals surface area (Å²) in [7, 11) is 0. The second-order valence-corrected chi connectivity index (χ2v) is 10.7. The van der Waals surface area contributed by atoms with E-state index in [4.69, 9.17) is 11.5 Å². The molecule has 0 aliphatic heterocycles. The Kier molecular flexibility index (Phi) is 6.80. The molecule has 0 saturated heterocycles. The Morgan fingerprint density at radius 2 is 1.94 bits per heavy atom. The SMILES string of the molecule is CC1(C)CCc2c(C(F)(F)F)nn(-c3ccc(C(N)=O)c(NC4CCCC[C@H]4[C@H](N)C(=O)O)c3)c2C1. The molecule has 2 aromatic rings. The second kappa shape index (κ2) is 9.42. The lowest BCUT2D eigenvalue weighted by molar-refractivity contribution is -0.142. The lowest BCUT2D eigenvalue weighted by atomic mass is 9.76. The maximum Gasteiger partial charge on any atom is 0.435 e. The van der Waals surface area contributed by atoms with E-state index in [0.717, 1.165) is 12.8 Å². The Morgan fingerprint density at radius 1 is 1.25 bits per heavy atom. The standard InChI is InChI=1S/C25H32F3N5O3/c1-24(2)10-9-16-19(12-24)33(32-21(16)25(26,27)28)13-7-8-15(22(30)34)18(11-13)31-17-6-4-3-5-14(17)20(29)23(35)36/h7-8,11,14,17,20,31H,3-6,9-10,12,29H2,1-2H3,(H2,30,34)(H,35,36)/t14-,17?,20+/m1/s1. The number of aromatic nitrogens is 2. The van der Waals surface area contributed by atoms with E-state index in [1.165, 1.54) is 16.8 Å². The van der Waals surface area contributed by atoms with Crippen LogP contribution >= 0.6 is 0 Å². The van der Waals surface area contributed by atoms with E-state index < -0.39 is 29.8 Å². The number of alkyl halides is 3. The predicted molar refractivity (Wildman–Crippen MR) is 128 cm³/mol. The number of carboxylic acid groups (broad SMARTS) is 1. The lowest BCUT2D eigenvalue weighted by Gasteiger charge is -2.35. The van der Waals surface area contributed by atoms with Gasteiger partial charge in [-0.3, -0.25) is 9.59 Å². The quantitative estimate of drug-likeness (QED) is 0.468. The molecule has 2 aliphatic carbocycles. The summed E-state index contributed by atoms with van der Waals surface area (Å²) in [5, 5.41) is 16.7. The Hall–Kier alpha value is -3.08. The molecule has 1 fully saturated rings. The van der Waals surface area contributed by atoms with Gasteiger partial charge in [-0.25, -0.2) is 4.68 Å². The Labute approximate surface area is 207 Å². The normalized spacial score (nSPS) is 22.5. The third kappa shape index (κ3) is 5.07. The minimum absolute atomic E-state index is 0.157. The van der Waals surface area contributed by atoms with Crippen molar-refractivity contribution in [3.05, 3.63) is 40.7 Å². The fraction of sp³-hybridized carbons (Fsp3) is 0.560. The van der Waals surface area contributed by atoms with Gasteiger partial charge in [-0.15, -0.1) is 0 Å². The number of aliphatic carboxylic acids is 1. The largest absolute Gasteiger partial charge is 0.480 e. The van der Waals surface area contributed by atoms with Crippen molar-refractivity contribution in [2.24, 2.45) is 22.8 Å². The van der Waals surface area contributed by atoms with Crippen molar-refractivity contribution in [3.8, 4) is 5.69 Å². The van der Waals surface area contributed by atoms with Crippen molar-refractivity contribution in [3.63, 3.8) is 0 Å². The number of fused-ring (bicyclic) bond motifs is 1. The van der Waals surface area contributed by atoms with E-state index in [2.05, 4.69) is 10.4 Å². The monoisotopic (exact) mass is 507 g/mol. The highest BCUT2D eigenvalue weighted by Crippen LogP contribution is 2.42. The van der Waals surface area contributed by atoms with Crippen LogP contribution in [0, 0.1) is 11.3 Å². The molecule has 1 amide bonds. The van der Waals surface area contributed by atoms with Crippen LogP contribution in [0.3, 0.4) is 0 Å². The molecule has 3 atom stereocenters. The number of amides is 1. The van der Waals surface area contributed by atoms with E-state index in [0.29, 0.717) is 42.8 Å². The Bertz CT molecular complexity index is 1170. The van der Waals surface area contributed by atoms with Gasteiger partial charge >= 0.3 is 12.1 Å². The molecule has 4 rings (SSSR count). The highest BCUT2D eigenvalue weighted by atomic mass is 19.4. The van der Waals surface area contributed by atoms with E-state index in [9.17, 15) is 27.9 Å². The number of nitrogens with two attached hydrogens (primary N) is 2. The third-order valence-electron chi connectivity index (χ3n) is 7.48. The first-order valence-electron chi connectivity index (χ1n) is 12.2. The van der Waals surface area contributed by atoms with E-state index in [1.54, 1.807) is 6.07 Å². The van der Waals surface area contributed by atoms with Gasteiger partial charge in [0.15, 0.2) is 5.69 Å². The van der Waals surface area contributed by atoms with Gasteiger partial charge in [-0.2, -0.15) is 18.3 Å². The van der Waals surface area contributed by atoms with Gasteiger partial charge in [-0.05, 0) is 55.7 Å². The molecule has 0 bridgehead atoms. The van der Waals surface area contributed by atoms with Crippen LogP contribution < -0.4 is 16.8 Å². The van der Waals surface area contributed by atoms with Crippen molar-refractivity contribution < 1.29 is 27.9 Å². The Morgan fingerprint density at radius 3 is 2.58 bits per heavy atom. The summed E-state index contributed by atoms with van der Waals surface area (Å²) >= 11 is 0. The molecular weight excluding hydrogens is 475 g/mol. The van der Waals surface area contributed by atoms with E-state index in [-0.39, 0.29) is 34.9 Å². The Balaban J connectivity index is 1.78. The number of nitrogens with one attached hydrogen (secondary N) is 1. The molecule has 1 aromatic carbocycles. The number of carbonyl (C=O) groups excluding carboxylic acids is 1. The van der Waals surface area contributed by atoms with Gasteiger partial charge in [0.25, 0.3) is 5.91 Å². The molecule has 8 nitrogen and oxygen atoms in total. The molecule has 1 aromatic heterocycles. The zero-order valence-electron chi connectivity index (χ0n) is 20.4. The summed E-state index contributed by atoms with van der Waals surface area (Å²) in [5.41, 5.74) is 12.0. The number of nitrogens with zero attached hydrogens (tertiary/aromatic N) is 2. The average molecular weight is 508 g/mol. The molecule has 0 spiro atoms. The minimum atomic E-state index is -4.59. The van der Waals surface area contributed by atoms with Gasteiger partial charge < -0.3 is 21.9 Å². The first kappa shape index (κ1) is 26.0. The fourth-order valence-electron chi connectivity index (χ4n) is 5.53. The summed E-state index contributed by atoms with van der Waals surface area (Å²) in [6.45, 7) is 4.03. The fourth-order valence-corrected chi connectivity index (χ4v) is 5.53. The molecule has 36 heavy (non-hydrogen) atoms. The summed E-state index contributed by atoms with van der Waals surface area (Å²) in [4.78, 5) is 23.7. The van der Waals surface area contributed by atoms with Crippen LogP contribution in [0.1, 0.15) is 73.3 Å². The van der Waals surface area contributed by atoms with Gasteiger partial charge in [0.05, 0.1) is 11.3 Å². The van der Waals surface area contributed by atoms with Crippen molar-refractivity contribution in [2.45, 2.75) is 77.1 Å². The van der Waals surface area contributed by atoms with Crippen molar-refractivity contribution in [2.75, 3.05) is 5.32 Å². The number of hydrogen-bond donors (Lipinski definition) is 4. The van der Waals surface area contributed by atoms with Gasteiger partial charge in [-0.1, -0.05) is 26.7 Å². The van der Waals surface area contributed by atoms with Gasteiger partial charge in [0, 0.05) is 28.9 Å². The van der Waals surface area contributed by atoms with Crippen LogP contribution in [-0.4, -0.2) is 38.8 Å². The third-order valence-corrected chi connectivity index (χ3v) is 7.48. The lowest BCUT2D eigenvalue weighted by Crippen LogP contribution is -2.48. The molecule has 196 valence electrons. The van der Waals surface area contributed by atoms with E-state index >= 15 is 0 Å².